The summed E-state index contributed by atoms with van der Waals surface area (Å²) < 4.78 is 11.0. The lowest BCUT2D eigenvalue weighted by atomic mass is 9.45. The summed E-state index contributed by atoms with van der Waals surface area (Å²) in [6.07, 6.45) is 1.86. The Bertz CT molecular complexity index is 639. The number of aliphatic hydroxyl groups is 3. The molecule has 5 unspecified atom stereocenters. The fraction of sp³-hybridized carbons (Fsp3) is 0.800. The van der Waals surface area contributed by atoms with Crippen LogP contribution < -0.4 is 0 Å². The Morgan fingerprint density at radius 3 is 2.19 bits per heavy atom. The van der Waals surface area contributed by atoms with Gasteiger partial charge in [0, 0.05) is 44.1 Å². The van der Waals surface area contributed by atoms with Crippen LogP contribution in [0.25, 0.3) is 0 Å². The molecule has 0 spiro atoms. The first-order valence-corrected chi connectivity index (χ1v) is 9.57. The van der Waals surface area contributed by atoms with Gasteiger partial charge in [-0.3, -0.25) is 4.79 Å². The van der Waals surface area contributed by atoms with Gasteiger partial charge in [-0.2, -0.15) is 0 Å². The molecule has 7 heteroatoms. The molecule has 4 fully saturated rings. The highest BCUT2D eigenvalue weighted by atomic mass is 16.6. The van der Waals surface area contributed by atoms with Gasteiger partial charge in [-0.05, 0) is 13.3 Å². The van der Waals surface area contributed by atoms with Crippen LogP contribution in [0.3, 0.4) is 0 Å². The second-order valence-corrected chi connectivity index (χ2v) is 9.23. The van der Waals surface area contributed by atoms with Gasteiger partial charge in [0.25, 0.3) is 0 Å². The molecular weight excluding hydrogens is 352 g/mol. The third kappa shape index (κ3) is 3.52. The van der Waals surface area contributed by atoms with Crippen LogP contribution >= 0.6 is 0 Å². The van der Waals surface area contributed by atoms with E-state index in [1.807, 2.05) is 6.92 Å². The van der Waals surface area contributed by atoms with Gasteiger partial charge >= 0.3 is 11.9 Å². The van der Waals surface area contributed by atoms with E-state index < -0.39 is 52.3 Å². The summed E-state index contributed by atoms with van der Waals surface area (Å²) in [6.45, 7) is 8.53. The molecule has 4 bridgehead atoms. The Balaban J connectivity index is 1.73. The zero-order valence-corrected chi connectivity index (χ0v) is 16.2. The van der Waals surface area contributed by atoms with Crippen molar-refractivity contribution in [1.29, 1.82) is 0 Å². The van der Waals surface area contributed by atoms with Crippen molar-refractivity contribution in [2.75, 3.05) is 0 Å². The van der Waals surface area contributed by atoms with Gasteiger partial charge in [-0.1, -0.05) is 20.4 Å². The van der Waals surface area contributed by atoms with E-state index in [-0.39, 0.29) is 38.5 Å². The molecule has 4 aliphatic rings. The van der Waals surface area contributed by atoms with E-state index >= 15 is 0 Å². The normalized spacial score (nSPS) is 44.4. The first-order chi connectivity index (χ1) is 12.3. The van der Waals surface area contributed by atoms with E-state index in [9.17, 15) is 24.9 Å². The summed E-state index contributed by atoms with van der Waals surface area (Å²) in [5, 5.41) is 32.7. The maximum absolute atomic E-state index is 12.7. The predicted molar refractivity (Wildman–Crippen MR) is 95.5 cm³/mol. The van der Waals surface area contributed by atoms with Crippen molar-refractivity contribution in [2.24, 2.45) is 11.8 Å². The van der Waals surface area contributed by atoms with Crippen LogP contribution in [-0.4, -0.2) is 55.8 Å². The van der Waals surface area contributed by atoms with Crippen molar-refractivity contribution in [3.63, 3.8) is 0 Å². The van der Waals surface area contributed by atoms with Crippen molar-refractivity contribution in [3.05, 3.63) is 12.7 Å². The number of esters is 2. The highest BCUT2D eigenvalue weighted by Crippen LogP contribution is 2.64. The minimum absolute atomic E-state index is 0.187. The molecule has 0 aliphatic heterocycles. The SMILES string of the molecule is C=CC(=O)OC(C)CC(C)C(=O)OC12CC3(O)CC(O)(CC(O)(C3)C1C)C2. The largest absolute Gasteiger partial charge is 0.460 e. The van der Waals surface area contributed by atoms with E-state index in [0.29, 0.717) is 0 Å². The molecule has 0 saturated heterocycles. The lowest BCUT2D eigenvalue weighted by Crippen LogP contribution is -2.76. The molecule has 3 N–H and O–H groups in total. The Kier molecular flexibility index (Phi) is 4.73. The average Bonchev–Trinajstić information content (AvgIpc) is 2.49. The van der Waals surface area contributed by atoms with Gasteiger partial charge in [0.05, 0.1) is 22.7 Å². The molecular formula is C20H30O7. The molecule has 4 rings (SSSR count). The number of hydrogen-bond acceptors (Lipinski definition) is 7. The van der Waals surface area contributed by atoms with E-state index in [0.717, 1.165) is 6.08 Å². The second kappa shape index (κ2) is 6.29. The van der Waals surface area contributed by atoms with Gasteiger partial charge in [-0.15, -0.1) is 0 Å². The number of carbonyl (C=O) groups is 2. The monoisotopic (exact) mass is 382 g/mol. The van der Waals surface area contributed by atoms with Gasteiger partial charge in [0.1, 0.15) is 11.7 Å². The van der Waals surface area contributed by atoms with Crippen LogP contribution in [0.4, 0.5) is 0 Å². The van der Waals surface area contributed by atoms with E-state index in [1.54, 1.807) is 13.8 Å². The minimum Gasteiger partial charge on any atom is -0.460 e. The lowest BCUT2D eigenvalue weighted by molar-refractivity contribution is -0.326. The lowest BCUT2D eigenvalue weighted by Gasteiger charge is -2.68. The Morgan fingerprint density at radius 2 is 1.67 bits per heavy atom. The summed E-state index contributed by atoms with van der Waals surface area (Å²) in [6, 6.07) is 0. The van der Waals surface area contributed by atoms with Crippen molar-refractivity contribution in [3.8, 4) is 0 Å². The van der Waals surface area contributed by atoms with Crippen LogP contribution in [0.1, 0.15) is 59.3 Å². The zero-order chi connectivity index (χ0) is 20.3. The third-order valence-electron chi connectivity index (χ3n) is 6.66. The molecule has 0 aromatic carbocycles. The molecule has 0 heterocycles. The number of carbonyl (C=O) groups excluding carboxylic acids is 2. The Morgan fingerprint density at radius 1 is 1.11 bits per heavy atom. The minimum atomic E-state index is -1.26. The molecule has 4 aliphatic carbocycles. The molecule has 7 nitrogen and oxygen atoms in total. The van der Waals surface area contributed by atoms with Crippen molar-refractivity contribution in [2.45, 2.75) is 87.8 Å². The van der Waals surface area contributed by atoms with Crippen molar-refractivity contribution >= 4 is 11.9 Å². The molecule has 0 amide bonds. The van der Waals surface area contributed by atoms with E-state index in [4.69, 9.17) is 9.47 Å². The number of hydrogen-bond donors (Lipinski definition) is 3. The average molecular weight is 382 g/mol. The molecule has 4 saturated carbocycles. The number of ether oxygens (including phenoxy) is 2. The first kappa shape index (κ1) is 20.3. The third-order valence-corrected chi connectivity index (χ3v) is 6.66. The zero-order valence-electron chi connectivity index (χ0n) is 16.2. The fourth-order valence-corrected chi connectivity index (χ4v) is 5.82. The highest BCUT2D eigenvalue weighted by Gasteiger charge is 2.72. The molecule has 0 aromatic heterocycles. The smallest absolute Gasteiger partial charge is 0.330 e. The van der Waals surface area contributed by atoms with E-state index in [1.165, 1.54) is 0 Å². The van der Waals surface area contributed by atoms with Crippen LogP contribution in [0.2, 0.25) is 0 Å². The van der Waals surface area contributed by atoms with E-state index in [2.05, 4.69) is 6.58 Å². The molecule has 27 heavy (non-hydrogen) atoms. The Labute approximate surface area is 159 Å². The summed E-state index contributed by atoms with van der Waals surface area (Å²) >= 11 is 0. The topological polar surface area (TPSA) is 113 Å². The summed E-state index contributed by atoms with van der Waals surface area (Å²) in [5.41, 5.74) is -4.82. The van der Waals surface area contributed by atoms with Crippen LogP contribution in [0.15, 0.2) is 12.7 Å². The first-order valence-electron chi connectivity index (χ1n) is 9.57. The van der Waals surface area contributed by atoms with Gasteiger partial charge < -0.3 is 24.8 Å². The summed E-state index contributed by atoms with van der Waals surface area (Å²) in [4.78, 5) is 24.0. The maximum atomic E-state index is 12.7. The Hall–Kier alpha value is -1.44. The second-order valence-electron chi connectivity index (χ2n) is 9.23. The molecule has 5 atom stereocenters. The van der Waals surface area contributed by atoms with Crippen LogP contribution in [0, 0.1) is 11.8 Å². The standard InChI is InChI=1S/C20H30O7/c1-5-15(21)26-13(3)6-12(2)16(22)27-20-10-17(23)7-18(24,11-20)9-19(25,8-17)14(20)4/h5,12-14,23-25H,1,6-11H2,2-4H3. The molecule has 0 radical (unpaired) electrons. The molecule has 152 valence electrons. The highest BCUT2D eigenvalue weighted by molar-refractivity contribution is 5.81. The predicted octanol–water partition coefficient (Wildman–Crippen LogP) is 1.23. The molecule has 0 aromatic rings. The maximum Gasteiger partial charge on any atom is 0.330 e. The van der Waals surface area contributed by atoms with Crippen LogP contribution in [0.5, 0.6) is 0 Å². The quantitative estimate of drug-likeness (QED) is 0.468. The fourth-order valence-electron chi connectivity index (χ4n) is 5.82. The van der Waals surface area contributed by atoms with Crippen molar-refractivity contribution in [1.82, 2.24) is 0 Å². The van der Waals surface area contributed by atoms with Gasteiger partial charge in [0.2, 0.25) is 0 Å². The summed E-state index contributed by atoms with van der Waals surface area (Å²) in [7, 11) is 0. The van der Waals surface area contributed by atoms with Gasteiger partial charge in [-0.25, -0.2) is 4.79 Å². The summed E-state index contributed by atoms with van der Waals surface area (Å²) in [5.74, 6) is -1.97. The van der Waals surface area contributed by atoms with Crippen LogP contribution in [-0.2, 0) is 19.1 Å². The van der Waals surface area contributed by atoms with Gasteiger partial charge in [0.15, 0.2) is 0 Å². The number of rotatable bonds is 6. The van der Waals surface area contributed by atoms with Crippen molar-refractivity contribution < 1.29 is 34.4 Å².